The Labute approximate surface area is 81.4 Å². The van der Waals surface area contributed by atoms with Gasteiger partial charge in [0.2, 0.25) is 0 Å². The fraction of sp³-hybridized carbons (Fsp3) is 0.667. The van der Waals surface area contributed by atoms with E-state index < -0.39 is 12.0 Å². The molecule has 0 aromatic rings. The SMILES string of the molecule is N=C(N)NCCC[C@H](N)C(=O)O.O.O. The van der Waals surface area contributed by atoms with Gasteiger partial charge < -0.3 is 32.8 Å². The van der Waals surface area contributed by atoms with Crippen LogP contribution < -0.4 is 16.8 Å². The highest BCUT2D eigenvalue weighted by atomic mass is 16.4. The average Bonchev–Trinajstić information content (AvgIpc) is 1.97. The summed E-state index contributed by atoms with van der Waals surface area (Å²) in [6, 6.07) is -0.821. The molecule has 0 aliphatic rings. The van der Waals surface area contributed by atoms with Crippen molar-refractivity contribution in [1.82, 2.24) is 5.32 Å². The van der Waals surface area contributed by atoms with Gasteiger partial charge in [-0.3, -0.25) is 10.2 Å². The average molecular weight is 210 g/mol. The summed E-state index contributed by atoms with van der Waals surface area (Å²) in [7, 11) is 0. The molecule has 11 N–H and O–H groups in total. The molecule has 1 atom stereocenters. The molecule has 0 bridgehead atoms. The van der Waals surface area contributed by atoms with Gasteiger partial charge in [-0.15, -0.1) is 0 Å². The maximum atomic E-state index is 10.2. The molecule has 0 radical (unpaired) electrons. The zero-order valence-electron chi connectivity index (χ0n) is 7.71. The minimum atomic E-state index is -1.00. The minimum absolute atomic E-state index is 0. The van der Waals surface area contributed by atoms with Gasteiger partial charge in [0.05, 0.1) is 0 Å². The lowest BCUT2D eigenvalue weighted by Gasteiger charge is -2.06. The predicted molar refractivity (Wildman–Crippen MR) is 52.0 cm³/mol. The maximum Gasteiger partial charge on any atom is 0.320 e. The molecule has 86 valence electrons. The number of hydrogen-bond acceptors (Lipinski definition) is 3. The van der Waals surface area contributed by atoms with E-state index in [0.29, 0.717) is 19.4 Å². The number of guanidine groups is 1. The monoisotopic (exact) mass is 210 g/mol. The van der Waals surface area contributed by atoms with E-state index in [1.165, 1.54) is 0 Å². The van der Waals surface area contributed by atoms with Crippen LogP contribution in [0.3, 0.4) is 0 Å². The van der Waals surface area contributed by atoms with Gasteiger partial charge >= 0.3 is 5.97 Å². The molecule has 0 aromatic carbocycles. The van der Waals surface area contributed by atoms with Crippen LogP contribution in [0, 0.1) is 5.41 Å². The lowest BCUT2D eigenvalue weighted by atomic mass is 10.2. The second-order valence-corrected chi connectivity index (χ2v) is 2.43. The lowest BCUT2D eigenvalue weighted by molar-refractivity contribution is -0.138. The molecule has 0 aliphatic carbocycles. The van der Waals surface area contributed by atoms with E-state index >= 15 is 0 Å². The Balaban J connectivity index is -0.000000605. The van der Waals surface area contributed by atoms with Crippen molar-refractivity contribution in [2.24, 2.45) is 11.5 Å². The van der Waals surface area contributed by atoms with Gasteiger partial charge in [-0.25, -0.2) is 0 Å². The summed E-state index contributed by atoms with van der Waals surface area (Å²) in [6.45, 7) is 0.482. The highest BCUT2D eigenvalue weighted by Gasteiger charge is 2.09. The minimum Gasteiger partial charge on any atom is -0.480 e. The van der Waals surface area contributed by atoms with E-state index in [1.54, 1.807) is 0 Å². The quantitative estimate of drug-likeness (QED) is 0.183. The van der Waals surface area contributed by atoms with Gasteiger partial charge in [0, 0.05) is 6.54 Å². The van der Waals surface area contributed by atoms with Crippen molar-refractivity contribution in [3.8, 4) is 0 Å². The summed E-state index contributed by atoms with van der Waals surface area (Å²) >= 11 is 0. The molecule has 0 unspecified atom stereocenters. The van der Waals surface area contributed by atoms with E-state index in [9.17, 15) is 4.79 Å². The van der Waals surface area contributed by atoms with Crippen molar-refractivity contribution < 1.29 is 20.9 Å². The van der Waals surface area contributed by atoms with Crippen LogP contribution >= 0.6 is 0 Å². The first kappa shape index (κ1) is 18.4. The van der Waals surface area contributed by atoms with Crippen molar-refractivity contribution in [1.29, 1.82) is 5.41 Å². The van der Waals surface area contributed by atoms with Crippen LogP contribution in [0.25, 0.3) is 0 Å². The third-order valence-corrected chi connectivity index (χ3v) is 1.32. The van der Waals surface area contributed by atoms with Gasteiger partial charge in [-0.2, -0.15) is 0 Å². The molecule has 14 heavy (non-hydrogen) atoms. The molecule has 0 aromatic heterocycles. The molecule has 0 amide bonds. The molecule has 8 heteroatoms. The van der Waals surface area contributed by atoms with Crippen LogP contribution in [0.5, 0.6) is 0 Å². The topological polar surface area (TPSA) is 188 Å². The number of carbonyl (C=O) groups is 1. The number of nitrogens with one attached hydrogen (secondary N) is 2. The highest BCUT2D eigenvalue weighted by Crippen LogP contribution is 1.92. The van der Waals surface area contributed by atoms with Crippen molar-refractivity contribution in [3.63, 3.8) is 0 Å². The maximum absolute atomic E-state index is 10.2. The molecule has 0 rings (SSSR count). The van der Waals surface area contributed by atoms with Crippen LogP contribution in [-0.2, 0) is 4.79 Å². The fourth-order valence-electron chi connectivity index (χ4n) is 0.669. The Morgan fingerprint density at radius 1 is 1.50 bits per heavy atom. The number of hydrogen-bond donors (Lipinski definition) is 5. The second-order valence-electron chi connectivity index (χ2n) is 2.43. The van der Waals surface area contributed by atoms with Crippen LogP contribution in [-0.4, -0.2) is 40.6 Å². The van der Waals surface area contributed by atoms with Gasteiger partial charge in [0.15, 0.2) is 5.96 Å². The Hall–Kier alpha value is -1.38. The molecule has 0 aliphatic heterocycles. The standard InChI is InChI=1S/C6H14N4O2.2H2O/c7-4(5(11)12)2-1-3-10-6(8)9;;/h4H,1-3,7H2,(H,11,12)(H4,8,9,10);2*1H2/t4-;;/m0../s1. The summed E-state index contributed by atoms with van der Waals surface area (Å²) in [5.74, 6) is -1.11. The second kappa shape index (κ2) is 9.71. The van der Waals surface area contributed by atoms with Crippen molar-refractivity contribution >= 4 is 11.9 Å². The van der Waals surface area contributed by atoms with Crippen LogP contribution in [0.1, 0.15) is 12.8 Å². The summed E-state index contributed by atoms with van der Waals surface area (Å²) in [5.41, 5.74) is 10.2. The molecule has 0 heterocycles. The summed E-state index contributed by atoms with van der Waals surface area (Å²) < 4.78 is 0. The Morgan fingerprint density at radius 3 is 2.36 bits per heavy atom. The Kier molecular flexibility index (Phi) is 12.8. The zero-order valence-corrected chi connectivity index (χ0v) is 7.71. The number of nitrogens with two attached hydrogens (primary N) is 2. The summed E-state index contributed by atoms with van der Waals surface area (Å²) in [5, 5.41) is 17.7. The first-order valence-electron chi connectivity index (χ1n) is 3.60. The molecule has 0 saturated heterocycles. The van der Waals surface area contributed by atoms with Gasteiger partial charge in [-0.1, -0.05) is 0 Å². The molecule has 0 fully saturated rings. The largest absolute Gasteiger partial charge is 0.480 e. The predicted octanol–water partition coefficient (Wildman–Crippen LogP) is -2.99. The Morgan fingerprint density at radius 2 is 2.00 bits per heavy atom. The molecular formula is C6H18N4O4. The van der Waals surface area contributed by atoms with Gasteiger partial charge in [0.25, 0.3) is 0 Å². The van der Waals surface area contributed by atoms with Crippen molar-refractivity contribution in [2.45, 2.75) is 18.9 Å². The third-order valence-electron chi connectivity index (χ3n) is 1.32. The first-order chi connectivity index (χ1) is 5.54. The van der Waals surface area contributed by atoms with E-state index in [-0.39, 0.29) is 16.9 Å². The first-order valence-corrected chi connectivity index (χ1v) is 3.60. The van der Waals surface area contributed by atoms with E-state index in [1.807, 2.05) is 0 Å². The third kappa shape index (κ3) is 10.6. The number of rotatable bonds is 5. The van der Waals surface area contributed by atoms with E-state index in [0.717, 1.165) is 0 Å². The van der Waals surface area contributed by atoms with Gasteiger partial charge in [-0.05, 0) is 12.8 Å². The van der Waals surface area contributed by atoms with Crippen molar-refractivity contribution in [2.75, 3.05) is 6.54 Å². The lowest BCUT2D eigenvalue weighted by Crippen LogP contribution is -2.34. The van der Waals surface area contributed by atoms with Crippen LogP contribution in [0.2, 0.25) is 0 Å². The number of carboxylic acids is 1. The molecule has 0 saturated carbocycles. The molecule has 0 spiro atoms. The smallest absolute Gasteiger partial charge is 0.320 e. The van der Waals surface area contributed by atoms with Gasteiger partial charge in [0.1, 0.15) is 6.04 Å². The van der Waals surface area contributed by atoms with Crippen LogP contribution in [0.15, 0.2) is 0 Å². The normalized spacial score (nSPS) is 10.4. The number of carboxylic acid groups (broad SMARTS) is 1. The summed E-state index contributed by atoms with van der Waals surface area (Å²) in [4.78, 5) is 10.2. The van der Waals surface area contributed by atoms with Crippen LogP contribution in [0.4, 0.5) is 0 Å². The number of aliphatic carboxylic acids is 1. The molecular weight excluding hydrogens is 192 g/mol. The summed E-state index contributed by atoms with van der Waals surface area (Å²) in [6.07, 6.45) is 0.975. The van der Waals surface area contributed by atoms with Crippen molar-refractivity contribution in [3.05, 3.63) is 0 Å². The highest BCUT2D eigenvalue weighted by molar-refractivity contribution is 5.74. The Bertz CT molecular complexity index is 175. The van der Waals surface area contributed by atoms with E-state index in [2.05, 4.69) is 5.32 Å². The zero-order chi connectivity index (χ0) is 9.56. The van der Waals surface area contributed by atoms with E-state index in [4.69, 9.17) is 22.0 Å². The fourth-order valence-corrected chi connectivity index (χ4v) is 0.669. The molecule has 8 nitrogen and oxygen atoms in total.